The van der Waals surface area contributed by atoms with Crippen molar-refractivity contribution in [3.63, 3.8) is 0 Å². The monoisotopic (exact) mass is 318 g/mol. The van der Waals surface area contributed by atoms with Gasteiger partial charge in [-0.05, 0) is 33.1 Å². The van der Waals surface area contributed by atoms with Gasteiger partial charge < -0.3 is 0 Å². The SMILES string of the molecule is C1=CSC(=C2c3ccccc3C=Cc3ccccc32)SC=C1. The van der Waals surface area contributed by atoms with Crippen LogP contribution >= 0.6 is 23.5 Å². The summed E-state index contributed by atoms with van der Waals surface area (Å²) in [5.74, 6) is 0. The van der Waals surface area contributed by atoms with E-state index in [0.29, 0.717) is 0 Å². The molecule has 0 saturated heterocycles. The molecule has 0 unspecified atom stereocenters. The number of allylic oxidation sites excluding steroid dienone is 2. The van der Waals surface area contributed by atoms with Gasteiger partial charge in [0.2, 0.25) is 0 Å². The predicted octanol–water partition coefficient (Wildman–Crippen LogP) is 6.39. The van der Waals surface area contributed by atoms with Crippen LogP contribution in [-0.4, -0.2) is 0 Å². The van der Waals surface area contributed by atoms with Crippen molar-refractivity contribution in [3.05, 3.63) is 98.0 Å². The van der Waals surface area contributed by atoms with E-state index in [9.17, 15) is 0 Å². The molecule has 1 aliphatic heterocycles. The van der Waals surface area contributed by atoms with Crippen molar-refractivity contribution in [1.82, 2.24) is 0 Å². The summed E-state index contributed by atoms with van der Waals surface area (Å²) in [5, 5.41) is 4.31. The summed E-state index contributed by atoms with van der Waals surface area (Å²) in [6.45, 7) is 0. The Bertz CT molecular complexity index is 771. The van der Waals surface area contributed by atoms with E-state index in [0.717, 1.165) is 0 Å². The predicted molar refractivity (Wildman–Crippen MR) is 101 cm³/mol. The van der Waals surface area contributed by atoms with Crippen molar-refractivity contribution < 1.29 is 0 Å². The molecule has 0 N–H and O–H groups in total. The van der Waals surface area contributed by atoms with Gasteiger partial charge in [0.1, 0.15) is 0 Å². The molecule has 106 valence electrons. The van der Waals surface area contributed by atoms with E-state index >= 15 is 0 Å². The van der Waals surface area contributed by atoms with E-state index in [2.05, 4.69) is 83.7 Å². The largest absolute Gasteiger partial charge is 0.0900 e. The smallest absolute Gasteiger partial charge is 0.0571 e. The first-order chi connectivity index (χ1) is 10.9. The van der Waals surface area contributed by atoms with Gasteiger partial charge >= 0.3 is 0 Å². The van der Waals surface area contributed by atoms with Crippen LogP contribution < -0.4 is 0 Å². The van der Waals surface area contributed by atoms with E-state index < -0.39 is 0 Å². The maximum Gasteiger partial charge on any atom is 0.0571 e. The first-order valence-electron chi connectivity index (χ1n) is 7.20. The molecule has 0 atom stereocenters. The zero-order valence-electron chi connectivity index (χ0n) is 11.9. The number of thioether (sulfide) groups is 2. The third-order valence-corrected chi connectivity index (χ3v) is 5.73. The van der Waals surface area contributed by atoms with Crippen molar-refractivity contribution in [2.24, 2.45) is 0 Å². The molecular formula is C20H14S2. The Morgan fingerprint density at radius 2 is 1.09 bits per heavy atom. The van der Waals surface area contributed by atoms with Crippen molar-refractivity contribution in [3.8, 4) is 0 Å². The molecule has 2 aromatic carbocycles. The van der Waals surface area contributed by atoms with Gasteiger partial charge in [0.25, 0.3) is 0 Å². The quantitative estimate of drug-likeness (QED) is 0.470. The molecule has 1 aliphatic carbocycles. The van der Waals surface area contributed by atoms with Crippen LogP contribution in [0, 0.1) is 0 Å². The normalized spacial score (nSPS) is 16.0. The molecule has 1 heterocycles. The van der Waals surface area contributed by atoms with Gasteiger partial charge in [-0.1, -0.05) is 96.4 Å². The molecule has 0 amide bonds. The highest BCUT2D eigenvalue weighted by Gasteiger charge is 2.19. The molecule has 2 heteroatoms. The average Bonchev–Trinajstić information content (AvgIpc) is 2.92. The number of benzene rings is 2. The van der Waals surface area contributed by atoms with Crippen molar-refractivity contribution in [2.75, 3.05) is 0 Å². The molecule has 0 spiro atoms. The standard InChI is InChI=1S/C20H14S2/c1-3-9-17-15(7-1)11-12-16-8-2-4-10-18(16)19(17)20-21-13-5-6-14-22-20/h1-14H. The zero-order chi connectivity index (χ0) is 14.8. The Kier molecular flexibility index (Phi) is 3.79. The summed E-state index contributed by atoms with van der Waals surface area (Å²) in [5.41, 5.74) is 6.51. The topological polar surface area (TPSA) is 0 Å². The van der Waals surface area contributed by atoms with E-state index in [-0.39, 0.29) is 0 Å². The third kappa shape index (κ3) is 2.49. The average molecular weight is 318 g/mol. The summed E-state index contributed by atoms with van der Waals surface area (Å²) in [7, 11) is 0. The number of fused-ring (bicyclic) bond motifs is 2. The van der Waals surface area contributed by atoms with Crippen LogP contribution in [0.15, 0.2) is 75.7 Å². The number of hydrogen-bond acceptors (Lipinski definition) is 2. The van der Waals surface area contributed by atoms with Crippen LogP contribution in [0.4, 0.5) is 0 Å². The van der Waals surface area contributed by atoms with Gasteiger partial charge in [0, 0.05) is 5.57 Å². The fraction of sp³-hybridized carbons (Fsp3) is 0. The number of hydrogen-bond donors (Lipinski definition) is 0. The van der Waals surface area contributed by atoms with Crippen LogP contribution in [0.5, 0.6) is 0 Å². The van der Waals surface area contributed by atoms with Gasteiger partial charge in [-0.3, -0.25) is 0 Å². The summed E-state index contributed by atoms with van der Waals surface area (Å²) in [6.07, 6.45) is 8.63. The van der Waals surface area contributed by atoms with Gasteiger partial charge in [0.15, 0.2) is 0 Å². The van der Waals surface area contributed by atoms with Gasteiger partial charge in [-0.15, -0.1) is 0 Å². The third-order valence-electron chi connectivity index (χ3n) is 3.73. The fourth-order valence-corrected chi connectivity index (χ4v) is 4.54. The summed E-state index contributed by atoms with van der Waals surface area (Å²) >= 11 is 3.60. The molecule has 0 nitrogen and oxygen atoms in total. The lowest BCUT2D eigenvalue weighted by atomic mass is 9.95. The second-order valence-corrected chi connectivity index (χ2v) is 7.15. The van der Waals surface area contributed by atoms with Crippen molar-refractivity contribution in [1.29, 1.82) is 0 Å². The Morgan fingerprint density at radius 3 is 1.64 bits per heavy atom. The summed E-state index contributed by atoms with van der Waals surface area (Å²) in [6, 6.07) is 17.3. The summed E-state index contributed by atoms with van der Waals surface area (Å²) < 4.78 is 1.33. The second kappa shape index (κ2) is 6.07. The molecule has 2 aromatic rings. The maximum atomic E-state index is 2.23. The lowest BCUT2D eigenvalue weighted by Crippen LogP contribution is -1.93. The molecule has 2 aliphatic rings. The van der Waals surface area contributed by atoms with Gasteiger partial charge in [-0.2, -0.15) is 0 Å². The van der Waals surface area contributed by atoms with Gasteiger partial charge in [-0.25, -0.2) is 0 Å². The maximum absolute atomic E-state index is 2.23. The minimum absolute atomic E-state index is 1.28. The van der Waals surface area contributed by atoms with E-state index in [1.165, 1.54) is 32.1 Å². The minimum Gasteiger partial charge on any atom is -0.0900 e. The Hall–Kier alpha value is -1.90. The molecule has 0 bridgehead atoms. The fourth-order valence-electron chi connectivity index (χ4n) is 2.72. The lowest BCUT2D eigenvalue weighted by molar-refractivity contribution is 1.53. The van der Waals surface area contributed by atoms with E-state index in [4.69, 9.17) is 0 Å². The van der Waals surface area contributed by atoms with Crippen LogP contribution in [0.3, 0.4) is 0 Å². The van der Waals surface area contributed by atoms with Crippen molar-refractivity contribution in [2.45, 2.75) is 0 Å². The Labute approximate surface area is 139 Å². The van der Waals surface area contributed by atoms with Crippen LogP contribution in [0.1, 0.15) is 22.3 Å². The molecule has 0 aromatic heterocycles. The zero-order valence-corrected chi connectivity index (χ0v) is 13.5. The van der Waals surface area contributed by atoms with E-state index in [1.807, 2.05) is 0 Å². The lowest BCUT2D eigenvalue weighted by Gasteiger charge is -2.15. The molecule has 0 fully saturated rings. The molecule has 0 radical (unpaired) electrons. The Morgan fingerprint density at radius 1 is 0.591 bits per heavy atom. The highest BCUT2D eigenvalue weighted by molar-refractivity contribution is 8.25. The van der Waals surface area contributed by atoms with E-state index in [1.54, 1.807) is 23.5 Å². The molecular weight excluding hydrogens is 304 g/mol. The Balaban J connectivity index is 2.04. The minimum atomic E-state index is 1.28. The van der Waals surface area contributed by atoms with Crippen LogP contribution in [-0.2, 0) is 0 Å². The highest BCUT2D eigenvalue weighted by atomic mass is 32.2. The first-order valence-corrected chi connectivity index (χ1v) is 8.95. The van der Waals surface area contributed by atoms with Gasteiger partial charge in [0.05, 0.1) is 4.24 Å². The van der Waals surface area contributed by atoms with Crippen LogP contribution in [0.25, 0.3) is 17.7 Å². The first kappa shape index (κ1) is 13.7. The second-order valence-electron chi connectivity index (χ2n) is 5.06. The molecule has 0 saturated carbocycles. The molecule has 4 rings (SSSR count). The highest BCUT2D eigenvalue weighted by Crippen LogP contribution is 2.44. The van der Waals surface area contributed by atoms with Crippen molar-refractivity contribution >= 4 is 41.2 Å². The van der Waals surface area contributed by atoms with Crippen LogP contribution in [0.2, 0.25) is 0 Å². The summed E-state index contributed by atoms with van der Waals surface area (Å²) in [4.78, 5) is 0. The number of rotatable bonds is 0. The molecule has 22 heavy (non-hydrogen) atoms.